The third-order valence-corrected chi connectivity index (χ3v) is 9.55. The van der Waals surface area contributed by atoms with E-state index in [0.29, 0.717) is 12.5 Å². The van der Waals surface area contributed by atoms with Crippen LogP contribution >= 0.6 is 0 Å². The van der Waals surface area contributed by atoms with Gasteiger partial charge in [-0.25, -0.2) is 25.3 Å². The van der Waals surface area contributed by atoms with E-state index >= 15 is 0 Å². The molecule has 0 aliphatic carbocycles. The lowest BCUT2D eigenvalue weighted by atomic mass is 10.2. The highest BCUT2D eigenvalue weighted by Crippen LogP contribution is 2.24. The molecule has 1 aromatic carbocycles. The van der Waals surface area contributed by atoms with Crippen LogP contribution < -0.4 is 10.5 Å². The number of nitrogens with one attached hydrogen (secondary N) is 1. The number of hydrogen-bond donors (Lipinski definition) is 3. The Morgan fingerprint density at radius 2 is 1.62 bits per heavy atom. The molecule has 0 fully saturated rings. The first-order chi connectivity index (χ1) is 10.7. The molecular formula is C11H16N2O8S3. The highest BCUT2D eigenvalue weighted by Gasteiger charge is 2.53. The molecular weight excluding hydrogens is 384 g/mol. The van der Waals surface area contributed by atoms with Gasteiger partial charge in [0.05, 0.1) is 11.5 Å². The molecule has 0 radical (unpaired) electrons. The number of sulfonamides is 1. The Morgan fingerprint density at radius 3 is 2.00 bits per heavy atom. The zero-order chi connectivity index (χ0) is 19.0. The van der Waals surface area contributed by atoms with Crippen molar-refractivity contribution in [3.05, 3.63) is 29.8 Å². The number of benzene rings is 1. The van der Waals surface area contributed by atoms with Crippen LogP contribution in [0.4, 0.5) is 0 Å². The highest BCUT2D eigenvalue weighted by molar-refractivity contribution is 8.10. The first-order valence-corrected chi connectivity index (χ1v) is 11.4. The SMILES string of the molecule is CS(=O)(=O)C(CO)(NS(=O)(=O)c1cccc(C(N)=O)c1)S(C)(=O)=O. The Morgan fingerprint density at radius 1 is 1.12 bits per heavy atom. The van der Waals surface area contributed by atoms with Gasteiger partial charge in [0.25, 0.3) is 4.20 Å². The third kappa shape index (κ3) is 3.75. The maximum Gasteiger partial charge on any atom is 0.258 e. The van der Waals surface area contributed by atoms with Crippen molar-refractivity contribution in [2.75, 3.05) is 19.1 Å². The average molecular weight is 400 g/mol. The second-order valence-electron chi connectivity index (χ2n) is 4.95. The van der Waals surface area contributed by atoms with Crippen LogP contribution in [-0.4, -0.2) is 59.6 Å². The molecule has 0 aliphatic heterocycles. The molecule has 24 heavy (non-hydrogen) atoms. The van der Waals surface area contributed by atoms with Gasteiger partial charge < -0.3 is 10.8 Å². The van der Waals surface area contributed by atoms with Crippen LogP contribution in [0.3, 0.4) is 0 Å². The number of amides is 1. The van der Waals surface area contributed by atoms with Crippen molar-refractivity contribution in [3.8, 4) is 0 Å². The first kappa shape index (κ1) is 20.5. The lowest BCUT2D eigenvalue weighted by Crippen LogP contribution is -2.61. The first-order valence-electron chi connectivity index (χ1n) is 6.12. The predicted octanol–water partition coefficient (Wildman–Crippen LogP) is -2.20. The Labute approximate surface area is 139 Å². The zero-order valence-electron chi connectivity index (χ0n) is 12.6. The van der Waals surface area contributed by atoms with Gasteiger partial charge in [-0.2, -0.15) is 4.72 Å². The molecule has 1 amide bonds. The zero-order valence-corrected chi connectivity index (χ0v) is 15.1. The standard InChI is InChI=1S/C11H16N2O8S3/c1-22(16,17)11(7-14,23(2,18)19)13-24(20,21)9-5-3-4-8(6-9)10(12)15/h3-6,13-14H,7H2,1-2H3,(H2,12,15). The molecule has 10 nitrogen and oxygen atoms in total. The summed E-state index contributed by atoms with van der Waals surface area (Å²) in [6.07, 6.45) is 0.930. The molecule has 0 atom stereocenters. The van der Waals surface area contributed by atoms with Gasteiger partial charge in [0.15, 0.2) is 19.7 Å². The molecule has 0 aliphatic rings. The second-order valence-corrected chi connectivity index (χ2v) is 11.4. The molecule has 0 aromatic heterocycles. The van der Waals surface area contributed by atoms with Crippen LogP contribution in [0, 0.1) is 0 Å². The molecule has 4 N–H and O–H groups in total. The molecule has 0 unspecified atom stereocenters. The maximum atomic E-state index is 12.4. The molecule has 0 heterocycles. The van der Waals surface area contributed by atoms with Crippen LogP contribution in [0.1, 0.15) is 10.4 Å². The summed E-state index contributed by atoms with van der Waals surface area (Å²) in [5, 5.41) is 9.34. The lowest BCUT2D eigenvalue weighted by Gasteiger charge is -2.28. The van der Waals surface area contributed by atoms with Crippen molar-refractivity contribution < 1.29 is 35.2 Å². The van der Waals surface area contributed by atoms with Crippen molar-refractivity contribution in [1.29, 1.82) is 0 Å². The fourth-order valence-corrected chi connectivity index (χ4v) is 7.44. The van der Waals surface area contributed by atoms with Crippen LogP contribution in [0.15, 0.2) is 29.2 Å². The Kier molecular flexibility index (Phi) is 5.47. The fraction of sp³-hybridized carbons (Fsp3) is 0.364. The predicted molar refractivity (Wildman–Crippen MR) is 84.8 cm³/mol. The van der Waals surface area contributed by atoms with E-state index in [9.17, 15) is 35.2 Å². The van der Waals surface area contributed by atoms with Gasteiger partial charge in [-0.15, -0.1) is 0 Å². The molecule has 136 valence electrons. The summed E-state index contributed by atoms with van der Waals surface area (Å²) >= 11 is 0. The van der Waals surface area contributed by atoms with E-state index in [1.165, 1.54) is 10.8 Å². The summed E-state index contributed by atoms with van der Waals surface area (Å²) in [5.74, 6) is -0.938. The number of nitrogens with two attached hydrogens (primary N) is 1. The summed E-state index contributed by atoms with van der Waals surface area (Å²) in [6, 6.07) is 4.22. The van der Waals surface area contributed by atoms with Crippen molar-refractivity contribution >= 4 is 35.6 Å². The molecule has 13 heteroatoms. The van der Waals surface area contributed by atoms with E-state index in [1.807, 2.05) is 0 Å². The lowest BCUT2D eigenvalue weighted by molar-refractivity contribution is 0.1000. The van der Waals surface area contributed by atoms with Gasteiger partial charge in [-0.3, -0.25) is 4.79 Å². The summed E-state index contributed by atoms with van der Waals surface area (Å²) < 4.78 is 70.6. The number of carbonyl (C=O) groups excluding carboxylic acids is 1. The molecule has 0 saturated carbocycles. The molecule has 0 saturated heterocycles. The maximum absolute atomic E-state index is 12.4. The number of aliphatic hydroxyl groups is 1. The molecule has 1 rings (SSSR count). The summed E-state index contributed by atoms with van der Waals surface area (Å²) in [5.41, 5.74) is 4.84. The Balaban J connectivity index is 3.59. The monoisotopic (exact) mass is 400 g/mol. The van der Waals surface area contributed by atoms with Crippen molar-refractivity contribution in [2.24, 2.45) is 5.73 Å². The molecule has 0 bridgehead atoms. The van der Waals surface area contributed by atoms with Gasteiger partial charge in [-0.1, -0.05) is 6.07 Å². The highest BCUT2D eigenvalue weighted by atomic mass is 32.3. The minimum absolute atomic E-state index is 0.189. The van der Waals surface area contributed by atoms with Crippen LogP contribution in [0.2, 0.25) is 0 Å². The van der Waals surface area contributed by atoms with Crippen LogP contribution in [-0.2, 0) is 29.7 Å². The summed E-state index contributed by atoms with van der Waals surface area (Å²) in [7, 11) is -14.0. The van der Waals surface area contributed by atoms with Gasteiger partial charge in [0.1, 0.15) is 0 Å². The molecule has 1 aromatic rings. The van der Waals surface area contributed by atoms with Crippen molar-refractivity contribution in [2.45, 2.75) is 9.10 Å². The second kappa shape index (κ2) is 6.40. The van der Waals surface area contributed by atoms with Crippen LogP contribution in [0.5, 0.6) is 0 Å². The van der Waals surface area contributed by atoms with E-state index in [2.05, 4.69) is 0 Å². The Bertz CT molecular complexity index is 932. The minimum Gasteiger partial charge on any atom is -0.392 e. The smallest absolute Gasteiger partial charge is 0.258 e. The normalized spacial score (nSPS) is 13.6. The third-order valence-electron chi connectivity index (χ3n) is 3.12. The number of primary amides is 1. The van der Waals surface area contributed by atoms with Gasteiger partial charge in [-0.05, 0) is 18.2 Å². The average Bonchev–Trinajstić information content (AvgIpc) is 2.42. The van der Waals surface area contributed by atoms with Gasteiger partial charge in [0.2, 0.25) is 15.9 Å². The van der Waals surface area contributed by atoms with E-state index in [4.69, 9.17) is 5.73 Å². The van der Waals surface area contributed by atoms with Crippen molar-refractivity contribution in [3.63, 3.8) is 0 Å². The van der Waals surface area contributed by atoms with Crippen LogP contribution in [0.25, 0.3) is 0 Å². The van der Waals surface area contributed by atoms with E-state index in [0.717, 1.165) is 18.2 Å². The fourth-order valence-electron chi connectivity index (χ4n) is 1.77. The van der Waals surface area contributed by atoms with E-state index in [1.54, 1.807) is 0 Å². The Hall–Kier alpha value is -1.54. The summed E-state index contributed by atoms with van der Waals surface area (Å²) in [4.78, 5) is 10.5. The summed E-state index contributed by atoms with van der Waals surface area (Å²) in [6.45, 7) is -1.54. The largest absolute Gasteiger partial charge is 0.392 e. The quantitative estimate of drug-likeness (QED) is 0.461. The van der Waals surface area contributed by atoms with Gasteiger partial charge >= 0.3 is 0 Å². The van der Waals surface area contributed by atoms with E-state index < -0.39 is 51.3 Å². The van der Waals surface area contributed by atoms with Gasteiger partial charge in [0, 0.05) is 18.1 Å². The number of carbonyl (C=O) groups is 1. The molecule has 0 spiro atoms. The minimum atomic E-state index is -4.73. The number of sulfone groups is 2. The number of rotatable bonds is 7. The van der Waals surface area contributed by atoms with E-state index in [-0.39, 0.29) is 5.56 Å². The topological polar surface area (TPSA) is 178 Å². The number of aliphatic hydroxyl groups excluding tert-OH is 1. The number of hydrogen-bond acceptors (Lipinski definition) is 8. The van der Waals surface area contributed by atoms with Crippen molar-refractivity contribution in [1.82, 2.24) is 4.72 Å².